The highest BCUT2D eigenvalue weighted by molar-refractivity contribution is 5.82. The first-order valence-electron chi connectivity index (χ1n) is 19.8. The third-order valence-corrected chi connectivity index (χ3v) is 11.2. The van der Waals surface area contributed by atoms with Crippen LogP contribution in [0.4, 0.5) is 0 Å². The molecule has 51 heavy (non-hydrogen) atoms. The number of hydrogen-bond donors (Lipinski definition) is 0. The standard InChI is InChI=1S/C46H62O5/c1-9-11-13-15-33-27-39(43-35-25-31(3)17-19-37(35)45(5,6)50-41(43)29-33)48-23-21-47-22-24-49-40-28-34(16-14-12-10-2)30-42-44(40)36-26-32(4)18-20-38(36)46(7,8)51-42/h17,19,25-30,36,38H,9-16,18,20-24H2,1-8H3/t36-,38-/m1/s1. The van der Waals surface area contributed by atoms with E-state index in [1.165, 1.54) is 71.1 Å². The van der Waals surface area contributed by atoms with Crippen molar-refractivity contribution in [2.45, 2.75) is 137 Å². The smallest absolute Gasteiger partial charge is 0.132 e. The highest BCUT2D eigenvalue weighted by Gasteiger charge is 2.45. The summed E-state index contributed by atoms with van der Waals surface area (Å²) in [6.07, 6.45) is 14.0. The molecule has 2 atom stereocenters. The Labute approximate surface area is 308 Å². The van der Waals surface area contributed by atoms with E-state index in [0.717, 1.165) is 60.7 Å². The quantitative estimate of drug-likeness (QED) is 0.110. The first-order chi connectivity index (χ1) is 24.5. The van der Waals surface area contributed by atoms with E-state index in [1.807, 2.05) is 0 Å². The van der Waals surface area contributed by atoms with Crippen LogP contribution in [0.1, 0.15) is 134 Å². The molecule has 0 unspecified atom stereocenters. The van der Waals surface area contributed by atoms with Gasteiger partial charge in [-0.25, -0.2) is 0 Å². The Morgan fingerprint density at radius 3 is 2.06 bits per heavy atom. The zero-order chi connectivity index (χ0) is 36.2. The molecule has 0 saturated heterocycles. The van der Waals surface area contributed by atoms with Gasteiger partial charge in [0.05, 0.1) is 18.8 Å². The zero-order valence-corrected chi connectivity index (χ0v) is 32.7. The number of aryl methyl sites for hydroxylation is 3. The maximum Gasteiger partial charge on any atom is 0.132 e. The number of fused-ring (bicyclic) bond motifs is 6. The molecule has 1 aliphatic carbocycles. The van der Waals surface area contributed by atoms with Gasteiger partial charge in [-0.15, -0.1) is 0 Å². The van der Waals surface area contributed by atoms with Crippen LogP contribution in [0.15, 0.2) is 54.1 Å². The van der Waals surface area contributed by atoms with Crippen LogP contribution in [0.2, 0.25) is 0 Å². The Morgan fingerprint density at radius 2 is 1.37 bits per heavy atom. The summed E-state index contributed by atoms with van der Waals surface area (Å²) in [6.45, 7) is 19.6. The first kappa shape index (κ1) is 37.3. The summed E-state index contributed by atoms with van der Waals surface area (Å²) >= 11 is 0. The predicted molar refractivity (Wildman–Crippen MR) is 209 cm³/mol. The maximum absolute atomic E-state index is 6.76. The van der Waals surface area contributed by atoms with Crippen molar-refractivity contribution in [2.75, 3.05) is 26.4 Å². The van der Waals surface area contributed by atoms with Crippen LogP contribution >= 0.6 is 0 Å². The van der Waals surface area contributed by atoms with Crippen LogP contribution in [0.25, 0.3) is 11.1 Å². The summed E-state index contributed by atoms with van der Waals surface area (Å²) in [7, 11) is 0. The van der Waals surface area contributed by atoms with Crippen molar-refractivity contribution in [3.05, 3.63) is 81.9 Å². The molecule has 0 bridgehead atoms. The van der Waals surface area contributed by atoms with Crippen LogP contribution in [0, 0.1) is 12.8 Å². The zero-order valence-electron chi connectivity index (χ0n) is 32.7. The molecular formula is C46H62O5. The van der Waals surface area contributed by atoms with Crippen LogP contribution in [0.5, 0.6) is 23.0 Å². The van der Waals surface area contributed by atoms with Crippen molar-refractivity contribution in [1.29, 1.82) is 0 Å². The Bertz CT molecular complexity index is 1700. The van der Waals surface area contributed by atoms with Crippen molar-refractivity contribution in [1.82, 2.24) is 0 Å². The van der Waals surface area contributed by atoms with Gasteiger partial charge in [0.25, 0.3) is 0 Å². The Kier molecular flexibility index (Phi) is 11.8. The van der Waals surface area contributed by atoms with Crippen molar-refractivity contribution in [2.24, 2.45) is 5.92 Å². The van der Waals surface area contributed by atoms with Gasteiger partial charge in [0.2, 0.25) is 0 Å². The third kappa shape index (κ3) is 8.46. The molecule has 2 aliphatic heterocycles. The van der Waals surface area contributed by atoms with Gasteiger partial charge in [-0.3, -0.25) is 0 Å². The van der Waals surface area contributed by atoms with Gasteiger partial charge in [-0.05, 0) is 121 Å². The fourth-order valence-electron chi connectivity index (χ4n) is 8.47. The van der Waals surface area contributed by atoms with E-state index in [2.05, 4.69) is 104 Å². The van der Waals surface area contributed by atoms with Gasteiger partial charge >= 0.3 is 0 Å². The second-order valence-electron chi connectivity index (χ2n) is 16.2. The minimum absolute atomic E-state index is 0.213. The summed E-state index contributed by atoms with van der Waals surface area (Å²) in [5.74, 6) is 4.47. The molecule has 0 aromatic heterocycles. The molecule has 3 aromatic carbocycles. The van der Waals surface area contributed by atoms with Crippen LogP contribution in [-0.2, 0) is 23.2 Å². The second kappa shape index (κ2) is 16.1. The van der Waals surface area contributed by atoms with Gasteiger partial charge < -0.3 is 23.7 Å². The average Bonchev–Trinajstić information content (AvgIpc) is 3.07. The monoisotopic (exact) mass is 694 g/mol. The fourth-order valence-corrected chi connectivity index (χ4v) is 8.47. The Hall–Kier alpha value is -3.44. The molecule has 0 N–H and O–H groups in total. The molecule has 2 heterocycles. The average molecular weight is 695 g/mol. The van der Waals surface area contributed by atoms with Crippen molar-refractivity contribution in [3.63, 3.8) is 0 Å². The van der Waals surface area contributed by atoms with Crippen LogP contribution in [-0.4, -0.2) is 32.0 Å². The lowest BCUT2D eigenvalue weighted by molar-refractivity contribution is 0.00994. The predicted octanol–water partition coefficient (Wildman–Crippen LogP) is 11.8. The van der Waals surface area contributed by atoms with E-state index >= 15 is 0 Å². The van der Waals surface area contributed by atoms with Crippen molar-refractivity contribution >= 4 is 0 Å². The number of hydrogen-bond acceptors (Lipinski definition) is 5. The first-order valence-corrected chi connectivity index (χ1v) is 19.8. The number of benzene rings is 3. The van der Waals surface area contributed by atoms with E-state index < -0.39 is 5.60 Å². The molecule has 0 amide bonds. The van der Waals surface area contributed by atoms with Gasteiger partial charge in [0.1, 0.15) is 47.4 Å². The molecule has 6 rings (SSSR count). The van der Waals surface area contributed by atoms with Gasteiger partial charge in [-0.1, -0.05) is 74.9 Å². The molecule has 0 fully saturated rings. The molecule has 5 nitrogen and oxygen atoms in total. The van der Waals surface area contributed by atoms with E-state index in [1.54, 1.807) is 0 Å². The Morgan fingerprint density at radius 1 is 0.725 bits per heavy atom. The topological polar surface area (TPSA) is 46.2 Å². The van der Waals surface area contributed by atoms with Crippen molar-refractivity contribution < 1.29 is 23.7 Å². The van der Waals surface area contributed by atoms with Crippen LogP contribution < -0.4 is 18.9 Å². The van der Waals surface area contributed by atoms with E-state index in [4.69, 9.17) is 23.7 Å². The van der Waals surface area contributed by atoms with Gasteiger partial charge in [0.15, 0.2) is 0 Å². The van der Waals surface area contributed by atoms with E-state index in [0.29, 0.717) is 38.3 Å². The van der Waals surface area contributed by atoms with Gasteiger partial charge in [-0.2, -0.15) is 0 Å². The lowest BCUT2D eigenvalue weighted by Crippen LogP contribution is -2.45. The highest BCUT2D eigenvalue weighted by atomic mass is 16.5. The summed E-state index contributed by atoms with van der Waals surface area (Å²) in [5, 5.41) is 0. The highest BCUT2D eigenvalue weighted by Crippen LogP contribution is 2.54. The molecule has 0 saturated carbocycles. The summed E-state index contributed by atoms with van der Waals surface area (Å²) in [5.41, 5.74) is 9.27. The molecule has 5 heteroatoms. The fraction of sp³-hybridized carbons (Fsp3) is 0.565. The number of rotatable bonds is 16. The minimum Gasteiger partial charge on any atom is -0.491 e. The summed E-state index contributed by atoms with van der Waals surface area (Å²) < 4.78 is 32.7. The Balaban J connectivity index is 1.13. The molecule has 276 valence electrons. The molecule has 0 radical (unpaired) electrons. The lowest BCUT2D eigenvalue weighted by Gasteiger charge is -2.46. The van der Waals surface area contributed by atoms with E-state index in [-0.39, 0.29) is 5.60 Å². The molecule has 0 spiro atoms. The maximum atomic E-state index is 6.76. The number of allylic oxidation sites excluding steroid dienone is 2. The molecule has 3 aliphatic rings. The summed E-state index contributed by atoms with van der Waals surface area (Å²) in [6, 6.07) is 15.6. The summed E-state index contributed by atoms with van der Waals surface area (Å²) in [4.78, 5) is 0. The third-order valence-electron chi connectivity index (χ3n) is 11.2. The van der Waals surface area contributed by atoms with E-state index in [9.17, 15) is 0 Å². The SMILES string of the molecule is CCCCCc1cc(OCCOCCOc2cc(CCCCC)cc3c2[C@@H]2C=C(C)CC[C@H]2C(C)(C)O3)c2c(c1)OC(C)(C)c1ccc(C)cc1-2. The lowest BCUT2D eigenvalue weighted by atomic mass is 9.68. The number of unbranched alkanes of at least 4 members (excludes halogenated alkanes) is 4. The minimum atomic E-state index is -0.415. The molecular weight excluding hydrogens is 633 g/mol. The molecule has 3 aromatic rings. The largest absolute Gasteiger partial charge is 0.491 e. The normalized spacial score (nSPS) is 19.4. The van der Waals surface area contributed by atoms with Crippen LogP contribution in [0.3, 0.4) is 0 Å². The van der Waals surface area contributed by atoms with Crippen molar-refractivity contribution in [3.8, 4) is 34.1 Å². The number of ether oxygens (including phenoxy) is 5. The van der Waals surface area contributed by atoms with Gasteiger partial charge in [0, 0.05) is 23.0 Å². The second-order valence-corrected chi connectivity index (χ2v) is 16.2.